The van der Waals surface area contributed by atoms with Crippen molar-refractivity contribution in [1.82, 2.24) is 4.98 Å². The molecule has 0 aliphatic rings. The minimum atomic E-state index is -0.498. The summed E-state index contributed by atoms with van der Waals surface area (Å²) >= 11 is 0. The SMILES string of the molecule is CC(C)(C)c1ccc(Oc2ccc(N)cc2F)nc1. The van der Waals surface area contributed by atoms with Gasteiger partial charge in [-0.15, -0.1) is 0 Å². The maximum Gasteiger partial charge on any atom is 0.219 e. The minimum Gasteiger partial charge on any atom is -0.436 e. The van der Waals surface area contributed by atoms with Gasteiger partial charge >= 0.3 is 0 Å². The second-order valence-corrected chi connectivity index (χ2v) is 5.43. The smallest absolute Gasteiger partial charge is 0.219 e. The van der Waals surface area contributed by atoms with Gasteiger partial charge in [-0.25, -0.2) is 9.37 Å². The highest BCUT2D eigenvalue weighted by Gasteiger charge is 2.14. The first-order valence-electron chi connectivity index (χ1n) is 6.06. The van der Waals surface area contributed by atoms with Gasteiger partial charge in [-0.2, -0.15) is 0 Å². The molecule has 0 unspecified atom stereocenters. The Kier molecular flexibility index (Phi) is 3.42. The van der Waals surface area contributed by atoms with Crippen LogP contribution >= 0.6 is 0 Å². The van der Waals surface area contributed by atoms with Crippen molar-refractivity contribution in [3.63, 3.8) is 0 Å². The molecule has 0 saturated heterocycles. The fourth-order valence-corrected chi connectivity index (χ4v) is 1.60. The van der Waals surface area contributed by atoms with Gasteiger partial charge in [0, 0.05) is 24.0 Å². The van der Waals surface area contributed by atoms with Crippen molar-refractivity contribution < 1.29 is 9.13 Å². The van der Waals surface area contributed by atoms with E-state index in [1.54, 1.807) is 18.3 Å². The number of aromatic nitrogens is 1. The first-order chi connectivity index (χ1) is 8.86. The third-order valence-electron chi connectivity index (χ3n) is 2.77. The molecule has 3 nitrogen and oxygen atoms in total. The molecule has 0 radical (unpaired) electrons. The average Bonchev–Trinajstić information content (AvgIpc) is 2.32. The van der Waals surface area contributed by atoms with E-state index in [9.17, 15) is 4.39 Å². The topological polar surface area (TPSA) is 48.1 Å². The van der Waals surface area contributed by atoms with E-state index in [4.69, 9.17) is 10.5 Å². The molecule has 0 fully saturated rings. The van der Waals surface area contributed by atoms with Gasteiger partial charge in [0.05, 0.1) is 0 Å². The molecule has 0 aliphatic heterocycles. The highest BCUT2D eigenvalue weighted by molar-refractivity contribution is 5.43. The summed E-state index contributed by atoms with van der Waals surface area (Å²) in [6, 6.07) is 7.96. The standard InChI is InChI=1S/C15H17FN2O/c1-15(2,3)10-4-7-14(18-9-10)19-13-6-5-11(17)8-12(13)16/h4-9H,17H2,1-3H3. The molecular weight excluding hydrogens is 243 g/mol. The van der Waals surface area contributed by atoms with Crippen LogP contribution in [-0.4, -0.2) is 4.98 Å². The lowest BCUT2D eigenvalue weighted by Gasteiger charge is -2.18. The largest absolute Gasteiger partial charge is 0.436 e. The van der Waals surface area contributed by atoms with Crippen LogP contribution in [-0.2, 0) is 5.41 Å². The van der Waals surface area contributed by atoms with Crippen LogP contribution in [0.2, 0.25) is 0 Å². The molecule has 0 amide bonds. The normalized spacial score (nSPS) is 11.4. The molecule has 100 valence electrons. The average molecular weight is 260 g/mol. The summed E-state index contributed by atoms with van der Waals surface area (Å²) in [5, 5.41) is 0. The zero-order chi connectivity index (χ0) is 14.0. The maximum absolute atomic E-state index is 13.6. The van der Waals surface area contributed by atoms with Crippen molar-refractivity contribution in [2.24, 2.45) is 0 Å². The summed E-state index contributed by atoms with van der Waals surface area (Å²) < 4.78 is 19.0. The lowest BCUT2D eigenvalue weighted by molar-refractivity contribution is 0.426. The van der Waals surface area contributed by atoms with Gasteiger partial charge < -0.3 is 10.5 Å². The van der Waals surface area contributed by atoms with E-state index in [0.717, 1.165) is 5.56 Å². The zero-order valence-electron chi connectivity index (χ0n) is 11.3. The first-order valence-corrected chi connectivity index (χ1v) is 6.06. The van der Waals surface area contributed by atoms with E-state index in [2.05, 4.69) is 25.8 Å². The Balaban J connectivity index is 2.20. The van der Waals surface area contributed by atoms with E-state index in [-0.39, 0.29) is 11.2 Å². The van der Waals surface area contributed by atoms with Crippen molar-refractivity contribution in [1.29, 1.82) is 0 Å². The number of rotatable bonds is 2. The number of benzene rings is 1. The minimum absolute atomic E-state index is 0.0258. The number of nitrogens with zero attached hydrogens (tertiary/aromatic N) is 1. The van der Waals surface area contributed by atoms with E-state index < -0.39 is 5.82 Å². The molecule has 0 spiro atoms. The third-order valence-corrected chi connectivity index (χ3v) is 2.77. The van der Waals surface area contributed by atoms with Gasteiger partial charge in [0.2, 0.25) is 5.88 Å². The molecule has 0 atom stereocenters. The predicted molar refractivity (Wildman–Crippen MR) is 73.8 cm³/mol. The molecule has 0 bridgehead atoms. The molecule has 0 aliphatic carbocycles. The van der Waals surface area contributed by atoms with Crippen LogP contribution < -0.4 is 10.5 Å². The summed E-state index contributed by atoms with van der Waals surface area (Å²) in [6.07, 6.45) is 1.74. The number of nitrogens with two attached hydrogens (primary N) is 1. The molecule has 1 aromatic carbocycles. The molecule has 1 heterocycles. The van der Waals surface area contributed by atoms with Crippen molar-refractivity contribution >= 4 is 5.69 Å². The summed E-state index contributed by atoms with van der Waals surface area (Å²) in [4.78, 5) is 4.18. The molecule has 2 N–H and O–H groups in total. The number of halogens is 1. The van der Waals surface area contributed by atoms with Gasteiger partial charge in [-0.05, 0) is 23.1 Å². The highest BCUT2D eigenvalue weighted by atomic mass is 19.1. The van der Waals surface area contributed by atoms with Gasteiger partial charge in [0.15, 0.2) is 11.6 Å². The summed E-state index contributed by atoms with van der Waals surface area (Å²) in [5.41, 5.74) is 6.96. The lowest BCUT2D eigenvalue weighted by Crippen LogP contribution is -2.11. The Morgan fingerprint density at radius 1 is 1.16 bits per heavy atom. The Morgan fingerprint density at radius 3 is 2.42 bits per heavy atom. The molecule has 1 aromatic heterocycles. The van der Waals surface area contributed by atoms with Crippen LogP contribution in [0, 0.1) is 5.82 Å². The third kappa shape index (κ3) is 3.22. The van der Waals surface area contributed by atoms with Crippen LogP contribution in [0.5, 0.6) is 11.6 Å². The van der Waals surface area contributed by atoms with Crippen LogP contribution in [0.15, 0.2) is 36.5 Å². The fourth-order valence-electron chi connectivity index (χ4n) is 1.60. The van der Waals surface area contributed by atoms with Crippen molar-refractivity contribution in [3.05, 3.63) is 47.9 Å². The Labute approximate surface area is 112 Å². The van der Waals surface area contributed by atoms with Gasteiger partial charge in [-0.3, -0.25) is 0 Å². The molecule has 4 heteroatoms. The number of pyridine rings is 1. The summed E-state index contributed by atoms with van der Waals surface area (Å²) in [6.45, 7) is 6.30. The van der Waals surface area contributed by atoms with Gasteiger partial charge in [-0.1, -0.05) is 26.8 Å². The van der Waals surface area contributed by atoms with Crippen molar-refractivity contribution in [2.75, 3.05) is 5.73 Å². The molecule has 0 saturated carbocycles. The Morgan fingerprint density at radius 2 is 1.89 bits per heavy atom. The van der Waals surface area contributed by atoms with Crippen LogP contribution in [0.3, 0.4) is 0 Å². The number of ether oxygens (including phenoxy) is 1. The van der Waals surface area contributed by atoms with Crippen LogP contribution in [0.1, 0.15) is 26.3 Å². The van der Waals surface area contributed by atoms with Crippen LogP contribution in [0.25, 0.3) is 0 Å². The van der Waals surface area contributed by atoms with Gasteiger partial charge in [0.25, 0.3) is 0 Å². The lowest BCUT2D eigenvalue weighted by atomic mass is 9.88. The molecule has 2 rings (SSSR count). The molecule has 19 heavy (non-hydrogen) atoms. The van der Waals surface area contributed by atoms with E-state index in [1.807, 2.05) is 6.07 Å². The number of hydrogen-bond donors (Lipinski definition) is 1. The Hall–Kier alpha value is -2.10. The van der Waals surface area contributed by atoms with E-state index in [1.165, 1.54) is 12.1 Å². The number of nitrogen functional groups attached to an aromatic ring is 1. The summed E-state index contributed by atoms with van der Waals surface area (Å²) in [5.74, 6) is -0.0245. The van der Waals surface area contributed by atoms with Gasteiger partial charge in [0.1, 0.15) is 0 Å². The fraction of sp³-hybridized carbons (Fsp3) is 0.267. The Bertz CT molecular complexity index is 574. The number of anilines is 1. The second-order valence-electron chi connectivity index (χ2n) is 5.43. The van der Waals surface area contributed by atoms with E-state index in [0.29, 0.717) is 11.6 Å². The zero-order valence-corrected chi connectivity index (χ0v) is 11.3. The van der Waals surface area contributed by atoms with Crippen molar-refractivity contribution in [3.8, 4) is 11.6 Å². The van der Waals surface area contributed by atoms with Crippen molar-refractivity contribution in [2.45, 2.75) is 26.2 Å². The monoisotopic (exact) mass is 260 g/mol. The summed E-state index contributed by atoms with van der Waals surface area (Å²) in [7, 11) is 0. The van der Waals surface area contributed by atoms with E-state index >= 15 is 0 Å². The first kappa shape index (κ1) is 13.3. The molecular formula is C15H17FN2O. The molecule has 2 aromatic rings. The number of hydrogen-bond acceptors (Lipinski definition) is 3. The quantitative estimate of drug-likeness (QED) is 0.833. The second kappa shape index (κ2) is 4.88. The highest BCUT2D eigenvalue weighted by Crippen LogP contribution is 2.27. The predicted octanol–water partition coefficient (Wildman–Crippen LogP) is 3.89. The van der Waals surface area contributed by atoms with Crippen LogP contribution in [0.4, 0.5) is 10.1 Å². The maximum atomic E-state index is 13.6.